The Balaban J connectivity index is 2.44. The Bertz CT molecular complexity index is 1150. The first-order valence-corrected chi connectivity index (χ1v) is 7.71. The fourth-order valence-corrected chi connectivity index (χ4v) is 3.75. The highest BCUT2D eigenvalue weighted by atomic mass is 79.9. The predicted octanol–water partition coefficient (Wildman–Crippen LogP) is 3.08. The van der Waals surface area contributed by atoms with E-state index in [1.165, 1.54) is 0 Å². The lowest BCUT2D eigenvalue weighted by Gasteiger charge is -2.06. The maximum atomic E-state index is 13.0. The molecule has 0 aliphatic rings. The summed E-state index contributed by atoms with van der Waals surface area (Å²) in [6.45, 7) is 0. The van der Waals surface area contributed by atoms with E-state index in [9.17, 15) is 8.42 Å². The third-order valence-corrected chi connectivity index (χ3v) is 4.83. The van der Waals surface area contributed by atoms with Crippen molar-refractivity contribution in [3.8, 4) is 0 Å². The molecule has 1 aromatic carbocycles. The summed E-state index contributed by atoms with van der Waals surface area (Å²) in [5.41, 5.74) is -0.289. The highest BCUT2D eigenvalue weighted by Gasteiger charge is 2.22. The molecule has 2 aromatic heterocycles. The van der Waals surface area contributed by atoms with Crippen LogP contribution in [0.25, 0.3) is 11.0 Å². The molecule has 0 saturated carbocycles. The fraction of sp³-hybridized carbons (Fsp3) is 0. The Morgan fingerprint density at radius 2 is 2.15 bits per heavy atom. The minimum atomic E-state index is -4.50. The monoisotopic (exact) mass is 376 g/mol. The molecule has 0 spiro atoms. The van der Waals surface area contributed by atoms with Crippen LogP contribution in [0, 0.1) is 0 Å². The lowest BCUT2D eigenvalue weighted by Crippen LogP contribution is -2.12. The molecule has 0 atom stereocenters. The van der Waals surface area contributed by atoms with Gasteiger partial charge in [-0.05, 0) is 28.0 Å². The lowest BCUT2D eigenvalue weighted by molar-refractivity contribution is 0.588. The van der Waals surface area contributed by atoms with Crippen molar-refractivity contribution in [2.75, 3.05) is 0 Å². The summed E-state index contributed by atoms with van der Waals surface area (Å²) in [4.78, 5) is 6.80. The van der Waals surface area contributed by atoms with Gasteiger partial charge in [0.2, 0.25) is 0 Å². The molecular formula is C12H7BrClN3O2S. The highest BCUT2D eigenvalue weighted by molar-refractivity contribution is 9.10. The first kappa shape index (κ1) is 8.76. The van der Waals surface area contributed by atoms with Crippen molar-refractivity contribution in [2.24, 2.45) is 0 Å². The molecular weight excluding hydrogens is 366 g/mol. The topological polar surface area (TPSA) is 64.8 Å². The van der Waals surface area contributed by atoms with Gasteiger partial charge in [-0.15, -0.1) is 0 Å². The molecule has 8 heteroatoms. The van der Waals surface area contributed by atoms with Crippen LogP contribution in [-0.4, -0.2) is 22.4 Å². The summed E-state index contributed by atoms with van der Waals surface area (Å²) < 4.78 is 65.1. The van der Waals surface area contributed by atoms with E-state index < -0.39 is 39.5 Å². The van der Waals surface area contributed by atoms with Gasteiger partial charge in [0.25, 0.3) is 10.0 Å². The van der Waals surface area contributed by atoms with Crippen molar-refractivity contribution in [3.05, 3.63) is 52.4 Å². The molecule has 0 radical (unpaired) electrons. The van der Waals surface area contributed by atoms with Gasteiger partial charge in [0, 0.05) is 10.6 Å². The molecule has 0 amide bonds. The first-order chi connectivity index (χ1) is 11.6. The summed E-state index contributed by atoms with van der Waals surface area (Å²) in [7, 11) is -4.50. The second kappa shape index (κ2) is 4.83. The molecule has 102 valence electrons. The molecule has 0 unspecified atom stereocenters. The van der Waals surface area contributed by atoms with E-state index >= 15 is 0 Å². The number of rotatable bonds is 2. The number of fused-ring (bicyclic) bond motifs is 1. The smallest absolute Gasteiger partial charge is 0.224 e. The van der Waals surface area contributed by atoms with Gasteiger partial charge in [-0.25, -0.2) is 22.4 Å². The third kappa shape index (κ3) is 2.02. The second-order valence-corrected chi connectivity index (χ2v) is 6.51. The van der Waals surface area contributed by atoms with Crippen LogP contribution in [0.15, 0.2) is 52.1 Å². The summed E-state index contributed by atoms with van der Waals surface area (Å²) in [6.07, 6.45) is -1.05. The molecule has 0 N–H and O–H groups in total. The van der Waals surface area contributed by atoms with E-state index in [2.05, 4.69) is 25.9 Å². The molecule has 0 fully saturated rings. The molecule has 0 saturated heterocycles. The van der Waals surface area contributed by atoms with Crippen LogP contribution in [0.4, 0.5) is 0 Å². The predicted molar refractivity (Wildman–Crippen MR) is 79.3 cm³/mol. The van der Waals surface area contributed by atoms with Crippen molar-refractivity contribution in [3.63, 3.8) is 0 Å². The van der Waals surface area contributed by atoms with Gasteiger partial charge in [0.15, 0.2) is 5.65 Å². The molecule has 0 aliphatic heterocycles. The van der Waals surface area contributed by atoms with Gasteiger partial charge >= 0.3 is 0 Å². The Kier molecular flexibility index (Phi) is 2.12. The largest absolute Gasteiger partial charge is 0.269 e. The van der Waals surface area contributed by atoms with Crippen LogP contribution in [0.2, 0.25) is 5.15 Å². The Hall–Kier alpha value is -1.44. The SMILES string of the molecule is [2H]c1nc(Cl)c2c(Br)c([2H])n(S(=O)(=O)c3ccc([2H])c([2H])c3[2H])c2n1. The molecule has 20 heavy (non-hydrogen) atoms. The van der Waals surface area contributed by atoms with E-state index in [-0.39, 0.29) is 26.7 Å². The van der Waals surface area contributed by atoms with Gasteiger partial charge < -0.3 is 0 Å². The van der Waals surface area contributed by atoms with E-state index in [1.54, 1.807) is 0 Å². The quantitative estimate of drug-likeness (QED) is 0.644. The van der Waals surface area contributed by atoms with E-state index in [0.29, 0.717) is 3.97 Å². The van der Waals surface area contributed by atoms with Crippen LogP contribution >= 0.6 is 27.5 Å². The maximum Gasteiger partial charge on any atom is 0.269 e. The normalized spacial score (nSPS) is 15.4. The number of nitrogens with zero attached hydrogens (tertiary/aromatic N) is 3. The average molecular weight is 378 g/mol. The standard InChI is InChI=1S/C12H7BrClN3O2S/c13-9-6-17(12-10(9)11(14)15-7-16-12)20(18,19)8-4-2-1-3-5-8/h1-7H/i1D,2D,4D,6D,7D. The van der Waals surface area contributed by atoms with E-state index in [1.807, 2.05) is 0 Å². The van der Waals surface area contributed by atoms with Crippen LogP contribution in [-0.2, 0) is 10.0 Å². The summed E-state index contributed by atoms with van der Waals surface area (Å²) in [5.74, 6) is 0. The molecule has 0 aliphatic carbocycles. The van der Waals surface area contributed by atoms with E-state index in [4.69, 9.17) is 18.5 Å². The van der Waals surface area contributed by atoms with Crippen molar-refractivity contribution in [1.82, 2.24) is 13.9 Å². The van der Waals surface area contributed by atoms with Gasteiger partial charge in [-0.2, -0.15) is 0 Å². The van der Waals surface area contributed by atoms with Crippen molar-refractivity contribution >= 4 is 48.6 Å². The molecule has 3 aromatic rings. The Morgan fingerprint density at radius 3 is 2.95 bits per heavy atom. The minimum Gasteiger partial charge on any atom is -0.224 e. The third-order valence-electron chi connectivity index (χ3n) is 2.44. The zero-order valence-corrected chi connectivity index (χ0v) is 12.6. The van der Waals surface area contributed by atoms with Gasteiger partial charge in [0.1, 0.15) is 12.8 Å². The molecule has 5 nitrogen and oxygen atoms in total. The number of hydrogen-bond acceptors (Lipinski definition) is 4. The van der Waals surface area contributed by atoms with Crippen molar-refractivity contribution in [1.29, 1.82) is 0 Å². The second-order valence-electron chi connectivity index (χ2n) is 3.60. The molecule has 3 rings (SSSR count). The Morgan fingerprint density at radius 1 is 1.35 bits per heavy atom. The van der Waals surface area contributed by atoms with E-state index in [0.717, 1.165) is 12.1 Å². The van der Waals surface area contributed by atoms with Crippen LogP contribution in [0.3, 0.4) is 0 Å². The maximum absolute atomic E-state index is 13.0. The molecule has 2 heterocycles. The number of aromatic nitrogens is 3. The lowest BCUT2D eigenvalue weighted by atomic mass is 10.4. The zero-order valence-electron chi connectivity index (χ0n) is 14.5. The summed E-state index contributed by atoms with van der Waals surface area (Å²) in [5, 5.41) is -0.154. The molecule has 0 bridgehead atoms. The summed E-state index contributed by atoms with van der Waals surface area (Å²) >= 11 is 9.02. The van der Waals surface area contributed by atoms with Gasteiger partial charge in [-0.3, -0.25) is 0 Å². The highest BCUT2D eigenvalue weighted by Crippen LogP contribution is 2.31. The average Bonchev–Trinajstić information content (AvgIpc) is 2.76. The first-order valence-electron chi connectivity index (χ1n) is 7.60. The minimum absolute atomic E-state index is 0.0193. The summed E-state index contributed by atoms with van der Waals surface area (Å²) in [6, 6.07) is 0.567. The van der Waals surface area contributed by atoms with Gasteiger partial charge in [0.05, 0.1) is 15.8 Å². The number of benzene rings is 1. The van der Waals surface area contributed by atoms with Crippen LogP contribution < -0.4 is 0 Å². The zero-order chi connectivity index (χ0) is 18.7. The number of hydrogen-bond donors (Lipinski definition) is 0. The van der Waals surface area contributed by atoms with Crippen LogP contribution in [0.5, 0.6) is 0 Å². The fourth-order valence-electron chi connectivity index (χ4n) is 1.58. The van der Waals surface area contributed by atoms with Crippen molar-refractivity contribution < 1.29 is 15.3 Å². The number of halogens is 2. The Labute approximate surface area is 135 Å². The van der Waals surface area contributed by atoms with Crippen molar-refractivity contribution in [2.45, 2.75) is 4.90 Å². The van der Waals surface area contributed by atoms with Gasteiger partial charge in [-0.1, -0.05) is 29.8 Å². The van der Waals surface area contributed by atoms with Crippen LogP contribution in [0.1, 0.15) is 6.85 Å².